The fourth-order valence-corrected chi connectivity index (χ4v) is 2.37. The van der Waals surface area contributed by atoms with E-state index in [9.17, 15) is 4.21 Å². The van der Waals surface area contributed by atoms with Crippen molar-refractivity contribution in [3.8, 4) is 0 Å². The molecule has 0 amide bonds. The lowest BCUT2D eigenvalue weighted by Crippen LogP contribution is -2.15. The SMILES string of the molecule is CS(=O)CCC1CCC(N)C1. The largest absolute Gasteiger partial charge is 0.328 e. The maximum atomic E-state index is 10.8. The van der Waals surface area contributed by atoms with Crippen LogP contribution >= 0.6 is 0 Å². The van der Waals surface area contributed by atoms with Crippen LogP contribution in [0.15, 0.2) is 0 Å². The first-order chi connectivity index (χ1) is 5.18. The minimum absolute atomic E-state index is 0.422. The summed E-state index contributed by atoms with van der Waals surface area (Å²) < 4.78 is 10.8. The monoisotopic (exact) mass is 175 g/mol. The number of nitrogens with two attached hydrogens (primary N) is 1. The van der Waals surface area contributed by atoms with Gasteiger partial charge >= 0.3 is 0 Å². The Labute approximate surface area is 71.0 Å². The minimum Gasteiger partial charge on any atom is -0.328 e. The van der Waals surface area contributed by atoms with Crippen LogP contribution in [-0.2, 0) is 10.8 Å². The second-order valence-corrected chi connectivity index (χ2v) is 5.06. The van der Waals surface area contributed by atoms with Crippen molar-refractivity contribution in [2.45, 2.75) is 31.7 Å². The van der Waals surface area contributed by atoms with Crippen molar-refractivity contribution in [3.05, 3.63) is 0 Å². The Morgan fingerprint density at radius 2 is 2.27 bits per heavy atom. The molecule has 0 aromatic rings. The molecule has 1 fully saturated rings. The van der Waals surface area contributed by atoms with E-state index in [0.29, 0.717) is 6.04 Å². The van der Waals surface area contributed by atoms with Crippen LogP contribution in [0, 0.1) is 5.92 Å². The first-order valence-corrected chi connectivity index (χ1v) is 5.97. The van der Waals surface area contributed by atoms with E-state index >= 15 is 0 Å². The van der Waals surface area contributed by atoms with Gasteiger partial charge in [0, 0.05) is 28.9 Å². The van der Waals surface area contributed by atoms with E-state index < -0.39 is 10.8 Å². The van der Waals surface area contributed by atoms with E-state index in [4.69, 9.17) is 5.73 Å². The van der Waals surface area contributed by atoms with Gasteiger partial charge in [-0.05, 0) is 31.6 Å². The molecule has 0 aliphatic heterocycles. The van der Waals surface area contributed by atoms with E-state index in [-0.39, 0.29) is 0 Å². The standard InChI is InChI=1S/C8H17NOS/c1-11(10)5-4-7-2-3-8(9)6-7/h7-8H,2-6,9H2,1H3. The topological polar surface area (TPSA) is 43.1 Å². The molecule has 3 unspecified atom stereocenters. The molecule has 0 aromatic heterocycles. The van der Waals surface area contributed by atoms with E-state index in [1.54, 1.807) is 6.26 Å². The molecule has 0 radical (unpaired) electrons. The molecule has 1 rings (SSSR count). The lowest BCUT2D eigenvalue weighted by Gasteiger charge is -2.06. The van der Waals surface area contributed by atoms with Crippen LogP contribution in [0.5, 0.6) is 0 Å². The molecule has 66 valence electrons. The maximum Gasteiger partial charge on any atom is 0.0234 e. The van der Waals surface area contributed by atoms with Crippen LogP contribution in [0.2, 0.25) is 0 Å². The Hall–Kier alpha value is 0.110. The Morgan fingerprint density at radius 3 is 2.73 bits per heavy atom. The normalized spacial score (nSPS) is 34.0. The van der Waals surface area contributed by atoms with Gasteiger partial charge in [0.1, 0.15) is 0 Å². The molecule has 3 heteroatoms. The van der Waals surface area contributed by atoms with Crippen molar-refractivity contribution in [1.82, 2.24) is 0 Å². The minimum atomic E-state index is -0.614. The van der Waals surface area contributed by atoms with E-state index in [1.807, 2.05) is 0 Å². The lowest BCUT2D eigenvalue weighted by atomic mass is 10.1. The molecule has 1 aliphatic rings. The van der Waals surface area contributed by atoms with Crippen molar-refractivity contribution < 1.29 is 4.21 Å². The van der Waals surface area contributed by atoms with Crippen molar-refractivity contribution in [2.24, 2.45) is 11.7 Å². The van der Waals surface area contributed by atoms with Gasteiger partial charge < -0.3 is 5.73 Å². The predicted octanol–water partition coefficient (Wildman–Crippen LogP) is 0.882. The Bertz CT molecular complexity index is 149. The van der Waals surface area contributed by atoms with Crippen molar-refractivity contribution in [2.75, 3.05) is 12.0 Å². The molecule has 1 aliphatic carbocycles. The highest BCUT2D eigenvalue weighted by Crippen LogP contribution is 2.26. The van der Waals surface area contributed by atoms with Crippen LogP contribution in [0.3, 0.4) is 0 Å². The predicted molar refractivity (Wildman–Crippen MR) is 48.9 cm³/mol. The second kappa shape index (κ2) is 4.21. The van der Waals surface area contributed by atoms with Gasteiger partial charge in [-0.25, -0.2) is 0 Å². The number of hydrogen-bond acceptors (Lipinski definition) is 2. The van der Waals surface area contributed by atoms with Crippen LogP contribution in [-0.4, -0.2) is 22.3 Å². The molecule has 0 spiro atoms. The number of rotatable bonds is 3. The molecule has 0 aromatic carbocycles. The summed E-state index contributed by atoms with van der Waals surface area (Å²) in [5, 5.41) is 0. The highest BCUT2D eigenvalue weighted by Gasteiger charge is 2.21. The highest BCUT2D eigenvalue weighted by atomic mass is 32.2. The van der Waals surface area contributed by atoms with Gasteiger partial charge in [-0.1, -0.05) is 0 Å². The molecule has 0 bridgehead atoms. The van der Waals surface area contributed by atoms with Gasteiger partial charge in [0.15, 0.2) is 0 Å². The molecule has 2 nitrogen and oxygen atoms in total. The summed E-state index contributed by atoms with van der Waals surface area (Å²) in [6.07, 6.45) is 6.45. The average Bonchev–Trinajstić information content (AvgIpc) is 2.31. The van der Waals surface area contributed by atoms with Gasteiger partial charge in [0.05, 0.1) is 0 Å². The van der Waals surface area contributed by atoms with E-state index in [1.165, 1.54) is 12.8 Å². The summed E-state index contributed by atoms with van der Waals surface area (Å²) in [6, 6.07) is 0.422. The first-order valence-electron chi connectivity index (χ1n) is 4.24. The molecule has 2 N–H and O–H groups in total. The maximum absolute atomic E-state index is 10.8. The van der Waals surface area contributed by atoms with Crippen LogP contribution in [0.25, 0.3) is 0 Å². The Kier molecular flexibility index (Phi) is 3.52. The zero-order chi connectivity index (χ0) is 8.27. The summed E-state index contributed by atoms with van der Waals surface area (Å²) in [5.74, 6) is 1.62. The zero-order valence-corrected chi connectivity index (χ0v) is 7.90. The fourth-order valence-electron chi connectivity index (χ4n) is 1.71. The summed E-state index contributed by atoms with van der Waals surface area (Å²) in [4.78, 5) is 0. The van der Waals surface area contributed by atoms with Crippen LogP contribution in [0.1, 0.15) is 25.7 Å². The molecule has 1 saturated carbocycles. The van der Waals surface area contributed by atoms with Gasteiger partial charge in [-0.3, -0.25) is 4.21 Å². The summed E-state index contributed by atoms with van der Waals surface area (Å²) in [5.41, 5.74) is 5.76. The van der Waals surface area contributed by atoms with Gasteiger partial charge in [0.25, 0.3) is 0 Å². The average molecular weight is 175 g/mol. The van der Waals surface area contributed by atoms with Crippen molar-refractivity contribution in [1.29, 1.82) is 0 Å². The molecular formula is C8H17NOS. The lowest BCUT2D eigenvalue weighted by molar-refractivity contribution is 0.521. The van der Waals surface area contributed by atoms with Gasteiger partial charge in [-0.15, -0.1) is 0 Å². The van der Waals surface area contributed by atoms with Crippen molar-refractivity contribution >= 4 is 10.8 Å². The Balaban J connectivity index is 2.13. The summed E-state index contributed by atoms with van der Waals surface area (Å²) in [6.45, 7) is 0. The molecule has 11 heavy (non-hydrogen) atoms. The first kappa shape index (κ1) is 9.20. The zero-order valence-electron chi connectivity index (χ0n) is 7.08. The van der Waals surface area contributed by atoms with E-state index in [2.05, 4.69) is 0 Å². The quantitative estimate of drug-likeness (QED) is 0.692. The smallest absolute Gasteiger partial charge is 0.0234 e. The third kappa shape index (κ3) is 3.34. The molecule has 0 heterocycles. The molecule has 0 saturated heterocycles. The summed E-state index contributed by atoms with van der Waals surface area (Å²) in [7, 11) is -0.614. The van der Waals surface area contributed by atoms with Crippen molar-refractivity contribution in [3.63, 3.8) is 0 Å². The van der Waals surface area contributed by atoms with Gasteiger partial charge in [-0.2, -0.15) is 0 Å². The van der Waals surface area contributed by atoms with Crippen LogP contribution in [0.4, 0.5) is 0 Å². The third-order valence-corrected chi connectivity index (χ3v) is 3.21. The molecule has 3 atom stereocenters. The number of hydrogen-bond donors (Lipinski definition) is 1. The fraction of sp³-hybridized carbons (Fsp3) is 1.00. The van der Waals surface area contributed by atoms with Gasteiger partial charge in [0.2, 0.25) is 0 Å². The molecular weight excluding hydrogens is 158 g/mol. The summed E-state index contributed by atoms with van der Waals surface area (Å²) >= 11 is 0. The Morgan fingerprint density at radius 1 is 1.55 bits per heavy atom. The van der Waals surface area contributed by atoms with E-state index in [0.717, 1.165) is 24.5 Å². The van der Waals surface area contributed by atoms with Crippen LogP contribution < -0.4 is 5.73 Å². The highest BCUT2D eigenvalue weighted by molar-refractivity contribution is 7.84. The second-order valence-electron chi connectivity index (χ2n) is 3.51. The third-order valence-electron chi connectivity index (χ3n) is 2.40.